The van der Waals surface area contributed by atoms with Gasteiger partial charge >= 0.3 is 6.18 Å². The van der Waals surface area contributed by atoms with Gasteiger partial charge in [0.25, 0.3) is 5.56 Å². The topological polar surface area (TPSA) is 57.5 Å². The van der Waals surface area contributed by atoms with E-state index in [4.69, 9.17) is 21.1 Å². The fraction of sp³-hybridized carbons (Fsp3) is 0.200. The van der Waals surface area contributed by atoms with Gasteiger partial charge in [-0.3, -0.25) is 9.59 Å². The molecule has 5 nitrogen and oxygen atoms in total. The number of aromatic nitrogens is 1. The summed E-state index contributed by atoms with van der Waals surface area (Å²) in [5.74, 6) is 0.256. The van der Waals surface area contributed by atoms with Gasteiger partial charge in [-0.1, -0.05) is 11.6 Å². The lowest BCUT2D eigenvalue weighted by molar-refractivity contribution is -0.138. The second-order valence-electron chi connectivity index (χ2n) is 5.00. The lowest BCUT2D eigenvalue weighted by Gasteiger charge is -2.11. The van der Waals surface area contributed by atoms with Crippen molar-refractivity contribution >= 4 is 17.4 Å². The fourth-order valence-corrected chi connectivity index (χ4v) is 2.41. The van der Waals surface area contributed by atoms with Crippen molar-refractivity contribution in [2.75, 3.05) is 6.79 Å². The second kappa shape index (κ2) is 5.86. The summed E-state index contributed by atoms with van der Waals surface area (Å²) in [5, 5.41) is -0.608. The molecule has 126 valence electrons. The second-order valence-corrected chi connectivity index (χ2v) is 5.41. The monoisotopic (exact) mass is 359 g/mol. The number of hydrogen-bond acceptors (Lipinski definition) is 4. The molecule has 0 spiro atoms. The first-order valence-electron chi connectivity index (χ1n) is 6.66. The van der Waals surface area contributed by atoms with Crippen molar-refractivity contribution in [3.8, 4) is 11.5 Å². The summed E-state index contributed by atoms with van der Waals surface area (Å²) < 4.78 is 49.3. The zero-order valence-corrected chi connectivity index (χ0v) is 12.6. The molecule has 1 aliphatic rings. The predicted molar refractivity (Wildman–Crippen MR) is 77.6 cm³/mol. The number of Topliss-reactive ketones (excluding diaryl/α,β-unsaturated/α-hetero) is 1. The van der Waals surface area contributed by atoms with Crippen LogP contribution in [0.4, 0.5) is 13.2 Å². The van der Waals surface area contributed by atoms with E-state index in [-0.39, 0.29) is 12.4 Å². The van der Waals surface area contributed by atoms with Crippen molar-refractivity contribution in [1.82, 2.24) is 4.57 Å². The first kappa shape index (κ1) is 16.4. The van der Waals surface area contributed by atoms with Crippen LogP contribution in [-0.2, 0) is 12.7 Å². The fourth-order valence-electron chi connectivity index (χ4n) is 2.19. The van der Waals surface area contributed by atoms with Gasteiger partial charge in [0, 0.05) is 11.8 Å². The number of benzene rings is 1. The average molecular weight is 360 g/mol. The molecular weight excluding hydrogens is 351 g/mol. The first-order chi connectivity index (χ1) is 11.3. The number of ketones is 1. The van der Waals surface area contributed by atoms with Crippen LogP contribution in [0.5, 0.6) is 11.5 Å². The molecule has 0 amide bonds. The molecule has 1 aromatic heterocycles. The van der Waals surface area contributed by atoms with Crippen LogP contribution in [0.2, 0.25) is 5.02 Å². The van der Waals surface area contributed by atoms with Crippen LogP contribution in [0.1, 0.15) is 15.9 Å². The van der Waals surface area contributed by atoms with E-state index in [0.29, 0.717) is 28.3 Å². The molecule has 24 heavy (non-hydrogen) atoms. The number of hydrogen-bond donors (Lipinski definition) is 0. The van der Waals surface area contributed by atoms with E-state index in [1.54, 1.807) is 0 Å². The highest BCUT2D eigenvalue weighted by Gasteiger charge is 2.32. The van der Waals surface area contributed by atoms with E-state index >= 15 is 0 Å². The van der Waals surface area contributed by atoms with Gasteiger partial charge in [-0.15, -0.1) is 0 Å². The van der Waals surface area contributed by atoms with Crippen LogP contribution in [0.15, 0.2) is 35.3 Å². The normalized spacial score (nSPS) is 13.2. The Morgan fingerprint density at radius 1 is 1.21 bits per heavy atom. The van der Waals surface area contributed by atoms with Crippen molar-refractivity contribution in [3.05, 3.63) is 57.0 Å². The summed E-state index contributed by atoms with van der Waals surface area (Å²) in [7, 11) is 0. The van der Waals surface area contributed by atoms with Crippen molar-refractivity contribution in [1.29, 1.82) is 0 Å². The quantitative estimate of drug-likeness (QED) is 0.790. The van der Waals surface area contributed by atoms with E-state index in [0.717, 1.165) is 0 Å². The Bertz CT molecular complexity index is 876. The summed E-state index contributed by atoms with van der Waals surface area (Å²) >= 11 is 5.55. The number of pyridine rings is 1. The molecule has 0 radical (unpaired) electrons. The number of carbonyl (C=O) groups excluding carboxylic acids is 1. The first-order valence-corrected chi connectivity index (χ1v) is 7.03. The minimum Gasteiger partial charge on any atom is -0.454 e. The standard InChI is InChI=1S/C15H9ClF3NO4/c16-10-4-9(15(17,18)19)5-20(14(10)22)6-11(21)8-1-2-12-13(3-8)24-7-23-12/h1-5H,6-7H2. The van der Waals surface area contributed by atoms with Gasteiger partial charge in [0.1, 0.15) is 5.02 Å². The Hall–Kier alpha value is -2.48. The summed E-state index contributed by atoms with van der Waals surface area (Å²) in [5.41, 5.74) is -1.80. The molecule has 0 atom stereocenters. The molecule has 0 aliphatic carbocycles. The maximum absolute atomic E-state index is 12.8. The molecule has 0 fully saturated rings. The third-order valence-electron chi connectivity index (χ3n) is 3.38. The molecule has 2 heterocycles. The Kier molecular flexibility index (Phi) is 4.00. The summed E-state index contributed by atoms with van der Waals surface area (Å²) in [6, 6.07) is 4.89. The molecule has 0 saturated carbocycles. The molecule has 0 unspecified atom stereocenters. The summed E-state index contributed by atoms with van der Waals surface area (Å²) in [6.07, 6.45) is -4.11. The largest absolute Gasteiger partial charge is 0.454 e. The number of nitrogens with zero attached hydrogens (tertiary/aromatic N) is 1. The number of halogens is 4. The molecular formula is C15H9ClF3NO4. The Balaban J connectivity index is 1.92. The average Bonchev–Trinajstić information content (AvgIpc) is 2.97. The third kappa shape index (κ3) is 3.09. The van der Waals surface area contributed by atoms with E-state index in [9.17, 15) is 22.8 Å². The number of carbonyl (C=O) groups is 1. The zero-order chi connectivity index (χ0) is 17.5. The minimum atomic E-state index is -4.68. The molecule has 0 bridgehead atoms. The van der Waals surface area contributed by atoms with Gasteiger partial charge < -0.3 is 14.0 Å². The van der Waals surface area contributed by atoms with Crippen LogP contribution < -0.4 is 15.0 Å². The van der Waals surface area contributed by atoms with Crippen LogP contribution >= 0.6 is 11.6 Å². The predicted octanol–water partition coefficient (Wildman–Crippen LogP) is 3.13. The minimum absolute atomic E-state index is 0.0235. The highest BCUT2D eigenvalue weighted by molar-refractivity contribution is 6.30. The molecule has 0 N–H and O–H groups in total. The van der Waals surface area contributed by atoms with Crippen LogP contribution in [0, 0.1) is 0 Å². The Morgan fingerprint density at radius 2 is 1.92 bits per heavy atom. The lowest BCUT2D eigenvalue weighted by Crippen LogP contribution is -2.26. The summed E-state index contributed by atoms with van der Waals surface area (Å²) in [4.78, 5) is 24.1. The Labute approximate surface area is 138 Å². The van der Waals surface area contributed by atoms with Crippen molar-refractivity contribution < 1.29 is 27.4 Å². The van der Waals surface area contributed by atoms with Gasteiger partial charge in [0.05, 0.1) is 12.1 Å². The van der Waals surface area contributed by atoms with Crippen LogP contribution in [-0.4, -0.2) is 17.1 Å². The van der Waals surface area contributed by atoms with Crippen LogP contribution in [0.3, 0.4) is 0 Å². The molecule has 1 aliphatic heterocycles. The number of alkyl halides is 3. The van der Waals surface area contributed by atoms with Gasteiger partial charge in [0.2, 0.25) is 6.79 Å². The summed E-state index contributed by atoms with van der Waals surface area (Å²) in [6.45, 7) is -0.558. The number of rotatable bonds is 3. The van der Waals surface area contributed by atoms with Gasteiger partial charge in [-0.25, -0.2) is 0 Å². The molecule has 0 saturated heterocycles. The van der Waals surface area contributed by atoms with E-state index in [2.05, 4.69) is 0 Å². The lowest BCUT2D eigenvalue weighted by atomic mass is 10.1. The van der Waals surface area contributed by atoms with E-state index < -0.39 is 34.6 Å². The van der Waals surface area contributed by atoms with Gasteiger partial charge in [-0.2, -0.15) is 13.2 Å². The highest BCUT2D eigenvalue weighted by Crippen LogP contribution is 2.33. The zero-order valence-electron chi connectivity index (χ0n) is 11.9. The maximum atomic E-state index is 12.8. The van der Waals surface area contributed by atoms with Crippen molar-refractivity contribution in [2.24, 2.45) is 0 Å². The maximum Gasteiger partial charge on any atom is 0.417 e. The van der Waals surface area contributed by atoms with Crippen LogP contribution in [0.25, 0.3) is 0 Å². The van der Waals surface area contributed by atoms with E-state index in [1.165, 1.54) is 18.2 Å². The number of fused-ring (bicyclic) bond motifs is 1. The molecule has 1 aromatic carbocycles. The smallest absolute Gasteiger partial charge is 0.417 e. The molecule has 2 aromatic rings. The van der Waals surface area contributed by atoms with E-state index in [1.807, 2.05) is 0 Å². The number of ether oxygens (including phenoxy) is 2. The van der Waals surface area contributed by atoms with Gasteiger partial charge in [0.15, 0.2) is 17.3 Å². The third-order valence-corrected chi connectivity index (χ3v) is 3.65. The molecule has 9 heteroatoms. The SMILES string of the molecule is O=C(Cn1cc(C(F)(F)F)cc(Cl)c1=O)c1ccc2c(c1)OCO2. The van der Waals surface area contributed by atoms with Crippen molar-refractivity contribution in [2.45, 2.75) is 12.7 Å². The van der Waals surface area contributed by atoms with Gasteiger partial charge in [-0.05, 0) is 24.3 Å². The molecule has 3 rings (SSSR count). The van der Waals surface area contributed by atoms with Crippen molar-refractivity contribution in [3.63, 3.8) is 0 Å². The Morgan fingerprint density at radius 3 is 2.62 bits per heavy atom. The highest BCUT2D eigenvalue weighted by atomic mass is 35.5.